The average Bonchev–Trinajstić information content (AvgIpc) is 2.84. The number of benzene rings is 1. The van der Waals surface area contributed by atoms with E-state index in [1.165, 1.54) is 12.1 Å². The predicted molar refractivity (Wildman–Crippen MR) is 75.2 cm³/mol. The topological polar surface area (TPSA) is 57.8 Å². The number of hydrogen-bond donors (Lipinski definition) is 2. The number of H-pyrrole nitrogens is 1. The van der Waals surface area contributed by atoms with Crippen molar-refractivity contribution in [3.63, 3.8) is 0 Å². The molecule has 3 rings (SSSR count). The number of carbonyl (C=O) groups excluding carboxylic acids is 1. The number of aromatic amines is 1. The molecule has 2 aromatic heterocycles. The summed E-state index contributed by atoms with van der Waals surface area (Å²) >= 11 is 0. The maximum absolute atomic E-state index is 13.1. The lowest BCUT2D eigenvalue weighted by Crippen LogP contribution is -2.13. The van der Waals surface area contributed by atoms with Crippen LogP contribution in [0.15, 0.2) is 42.6 Å². The van der Waals surface area contributed by atoms with Crippen LogP contribution < -0.4 is 5.32 Å². The molecule has 0 radical (unpaired) electrons. The van der Waals surface area contributed by atoms with Crippen LogP contribution in [0.2, 0.25) is 0 Å². The summed E-state index contributed by atoms with van der Waals surface area (Å²) < 4.78 is 13.1. The standard InChI is InChI=1S/C15H12FN3O/c1-9-2-5-14(17-8-9)19-15(20)13-7-10-6-11(16)3-4-12(10)18-13/h2-8,18H,1H3,(H,17,19,20). The molecule has 1 amide bonds. The van der Waals surface area contributed by atoms with E-state index in [-0.39, 0.29) is 11.7 Å². The number of rotatable bonds is 2. The number of aryl methyl sites for hydroxylation is 1. The molecular formula is C15H12FN3O. The number of pyridine rings is 1. The van der Waals surface area contributed by atoms with Gasteiger partial charge in [-0.3, -0.25) is 4.79 Å². The van der Waals surface area contributed by atoms with E-state index in [4.69, 9.17) is 0 Å². The van der Waals surface area contributed by atoms with E-state index in [1.807, 2.05) is 13.0 Å². The molecule has 0 saturated carbocycles. The van der Waals surface area contributed by atoms with Gasteiger partial charge in [-0.25, -0.2) is 9.37 Å². The molecule has 2 heterocycles. The monoisotopic (exact) mass is 269 g/mol. The molecular weight excluding hydrogens is 257 g/mol. The van der Waals surface area contributed by atoms with E-state index >= 15 is 0 Å². The normalized spacial score (nSPS) is 10.7. The van der Waals surface area contributed by atoms with Crippen molar-refractivity contribution in [1.29, 1.82) is 0 Å². The molecule has 2 N–H and O–H groups in total. The minimum atomic E-state index is -0.330. The first-order valence-electron chi connectivity index (χ1n) is 6.14. The summed E-state index contributed by atoms with van der Waals surface area (Å²) in [5.74, 6) is -0.160. The van der Waals surface area contributed by atoms with Crippen LogP contribution in [0, 0.1) is 12.7 Å². The molecule has 0 aliphatic carbocycles. The number of aromatic nitrogens is 2. The molecule has 0 aliphatic heterocycles. The summed E-state index contributed by atoms with van der Waals surface area (Å²) in [5.41, 5.74) is 2.10. The minimum Gasteiger partial charge on any atom is -0.351 e. The Morgan fingerprint density at radius 2 is 2.10 bits per heavy atom. The molecule has 0 fully saturated rings. The lowest BCUT2D eigenvalue weighted by molar-refractivity contribution is 0.102. The number of hydrogen-bond acceptors (Lipinski definition) is 2. The zero-order valence-corrected chi connectivity index (χ0v) is 10.8. The lowest BCUT2D eigenvalue weighted by Gasteiger charge is -2.02. The van der Waals surface area contributed by atoms with Gasteiger partial charge < -0.3 is 10.3 Å². The van der Waals surface area contributed by atoms with Crippen LogP contribution in [-0.2, 0) is 0 Å². The summed E-state index contributed by atoms with van der Waals surface area (Å²) in [6, 6.07) is 9.54. The second kappa shape index (κ2) is 4.77. The third-order valence-corrected chi connectivity index (χ3v) is 2.98. The van der Waals surface area contributed by atoms with Gasteiger partial charge in [0.25, 0.3) is 5.91 Å². The zero-order valence-electron chi connectivity index (χ0n) is 10.8. The van der Waals surface area contributed by atoms with Crippen molar-refractivity contribution in [2.45, 2.75) is 6.92 Å². The summed E-state index contributed by atoms with van der Waals surface area (Å²) in [7, 11) is 0. The van der Waals surface area contributed by atoms with Gasteiger partial charge in [-0.2, -0.15) is 0 Å². The Kier molecular flexibility index (Phi) is 2.95. The van der Waals surface area contributed by atoms with Crippen LogP contribution in [0.25, 0.3) is 10.9 Å². The van der Waals surface area contributed by atoms with Crippen LogP contribution in [0.5, 0.6) is 0 Å². The number of anilines is 1. The highest BCUT2D eigenvalue weighted by Gasteiger charge is 2.10. The van der Waals surface area contributed by atoms with Crippen molar-refractivity contribution in [3.05, 3.63) is 59.7 Å². The SMILES string of the molecule is Cc1ccc(NC(=O)c2cc3cc(F)ccc3[nH]2)nc1. The summed E-state index contributed by atoms with van der Waals surface area (Å²) in [6.45, 7) is 1.92. The highest BCUT2D eigenvalue weighted by molar-refractivity contribution is 6.05. The number of fused-ring (bicyclic) bond motifs is 1. The minimum absolute atomic E-state index is 0.307. The zero-order chi connectivity index (χ0) is 14.1. The first kappa shape index (κ1) is 12.3. The number of carbonyl (C=O) groups is 1. The van der Waals surface area contributed by atoms with Gasteiger partial charge >= 0.3 is 0 Å². The molecule has 0 saturated heterocycles. The van der Waals surface area contributed by atoms with E-state index in [9.17, 15) is 9.18 Å². The van der Waals surface area contributed by atoms with E-state index in [0.29, 0.717) is 22.4 Å². The van der Waals surface area contributed by atoms with Gasteiger partial charge in [-0.15, -0.1) is 0 Å². The number of nitrogens with one attached hydrogen (secondary N) is 2. The summed E-state index contributed by atoms with van der Waals surface area (Å²) in [5, 5.41) is 3.35. The van der Waals surface area contributed by atoms with Gasteiger partial charge in [0.2, 0.25) is 0 Å². The molecule has 0 bridgehead atoms. The second-order valence-electron chi connectivity index (χ2n) is 4.59. The van der Waals surface area contributed by atoms with Crippen LogP contribution in [0.3, 0.4) is 0 Å². The molecule has 0 aliphatic rings. The molecule has 0 unspecified atom stereocenters. The van der Waals surface area contributed by atoms with Gasteiger partial charge in [0.15, 0.2) is 0 Å². The summed E-state index contributed by atoms with van der Waals surface area (Å²) in [4.78, 5) is 19.1. The maximum Gasteiger partial charge on any atom is 0.273 e. The third kappa shape index (κ3) is 2.38. The fourth-order valence-corrected chi connectivity index (χ4v) is 1.95. The van der Waals surface area contributed by atoms with E-state index in [2.05, 4.69) is 15.3 Å². The van der Waals surface area contributed by atoms with Gasteiger partial charge in [0, 0.05) is 17.1 Å². The van der Waals surface area contributed by atoms with E-state index in [1.54, 1.807) is 24.4 Å². The Hall–Kier alpha value is -2.69. The van der Waals surface area contributed by atoms with Crippen molar-refractivity contribution in [2.75, 3.05) is 5.32 Å². The van der Waals surface area contributed by atoms with Crippen LogP contribution in [-0.4, -0.2) is 15.9 Å². The molecule has 20 heavy (non-hydrogen) atoms. The Bertz CT molecular complexity index is 777. The maximum atomic E-state index is 13.1. The highest BCUT2D eigenvalue weighted by Crippen LogP contribution is 2.17. The first-order chi connectivity index (χ1) is 9.61. The molecule has 3 aromatic rings. The van der Waals surface area contributed by atoms with Crippen LogP contribution in [0.4, 0.5) is 10.2 Å². The Morgan fingerprint density at radius 1 is 1.25 bits per heavy atom. The largest absolute Gasteiger partial charge is 0.351 e. The van der Waals surface area contributed by atoms with Crippen molar-refractivity contribution < 1.29 is 9.18 Å². The van der Waals surface area contributed by atoms with Crippen molar-refractivity contribution in [3.8, 4) is 0 Å². The Balaban J connectivity index is 1.86. The van der Waals surface area contributed by atoms with Gasteiger partial charge in [-0.1, -0.05) is 6.07 Å². The molecule has 4 nitrogen and oxygen atoms in total. The summed E-state index contributed by atoms with van der Waals surface area (Å²) in [6.07, 6.45) is 1.68. The van der Waals surface area contributed by atoms with Gasteiger partial charge in [-0.05, 0) is 42.8 Å². The van der Waals surface area contributed by atoms with Crippen LogP contribution in [0.1, 0.15) is 16.1 Å². The number of halogens is 1. The van der Waals surface area contributed by atoms with E-state index < -0.39 is 0 Å². The Morgan fingerprint density at radius 3 is 2.85 bits per heavy atom. The third-order valence-electron chi connectivity index (χ3n) is 2.98. The molecule has 1 aromatic carbocycles. The Labute approximate surface area is 114 Å². The first-order valence-corrected chi connectivity index (χ1v) is 6.14. The fourth-order valence-electron chi connectivity index (χ4n) is 1.95. The van der Waals surface area contributed by atoms with Crippen molar-refractivity contribution in [2.24, 2.45) is 0 Å². The molecule has 0 atom stereocenters. The lowest BCUT2D eigenvalue weighted by atomic mass is 10.2. The predicted octanol–water partition coefficient (Wildman–Crippen LogP) is 3.26. The molecule has 0 spiro atoms. The van der Waals surface area contributed by atoms with Gasteiger partial charge in [0.05, 0.1) is 0 Å². The quantitative estimate of drug-likeness (QED) is 0.750. The second-order valence-corrected chi connectivity index (χ2v) is 4.59. The number of amides is 1. The number of nitrogens with zero attached hydrogens (tertiary/aromatic N) is 1. The van der Waals surface area contributed by atoms with Crippen molar-refractivity contribution >= 4 is 22.6 Å². The average molecular weight is 269 g/mol. The van der Waals surface area contributed by atoms with E-state index in [0.717, 1.165) is 5.56 Å². The van der Waals surface area contributed by atoms with Gasteiger partial charge in [0.1, 0.15) is 17.3 Å². The molecule has 100 valence electrons. The van der Waals surface area contributed by atoms with Crippen LogP contribution >= 0.6 is 0 Å². The molecule has 5 heteroatoms. The smallest absolute Gasteiger partial charge is 0.273 e. The highest BCUT2D eigenvalue weighted by atomic mass is 19.1. The van der Waals surface area contributed by atoms with Crippen molar-refractivity contribution in [1.82, 2.24) is 9.97 Å². The fraction of sp³-hybridized carbons (Fsp3) is 0.0667.